The van der Waals surface area contributed by atoms with E-state index < -0.39 is 17.6 Å². The molecule has 1 aliphatic rings. The number of methoxy groups -OCH3 is 3. The highest BCUT2D eigenvalue weighted by Crippen LogP contribution is 2.36. The summed E-state index contributed by atoms with van der Waals surface area (Å²) in [5.41, 5.74) is 0.411. The first kappa shape index (κ1) is 20.3. The number of carbonyl (C=O) groups is 2. The van der Waals surface area contributed by atoms with Crippen LogP contribution in [0.2, 0.25) is 0 Å². The van der Waals surface area contributed by atoms with Gasteiger partial charge in [-0.05, 0) is 42.6 Å². The fourth-order valence-electron chi connectivity index (χ4n) is 2.83. The molecular formula is C20H17FN2O5S. The van der Waals surface area contributed by atoms with Crippen LogP contribution in [0.3, 0.4) is 0 Å². The number of amides is 2. The quantitative estimate of drug-likeness (QED) is 0.459. The Balaban J connectivity index is 2.09. The maximum absolute atomic E-state index is 13.6. The molecule has 9 heteroatoms. The number of hydrogen-bond acceptors (Lipinski definition) is 6. The molecule has 2 aromatic carbocycles. The van der Waals surface area contributed by atoms with Gasteiger partial charge in [0.15, 0.2) is 16.6 Å². The zero-order valence-electron chi connectivity index (χ0n) is 15.8. The van der Waals surface area contributed by atoms with Crippen molar-refractivity contribution in [3.05, 3.63) is 53.4 Å². The molecule has 0 bridgehead atoms. The van der Waals surface area contributed by atoms with Crippen LogP contribution in [0.4, 0.5) is 10.1 Å². The normalized spacial score (nSPS) is 15.4. The van der Waals surface area contributed by atoms with Gasteiger partial charge in [-0.3, -0.25) is 19.8 Å². The van der Waals surface area contributed by atoms with Crippen molar-refractivity contribution in [1.29, 1.82) is 0 Å². The van der Waals surface area contributed by atoms with E-state index >= 15 is 0 Å². The van der Waals surface area contributed by atoms with Crippen molar-refractivity contribution in [3.63, 3.8) is 0 Å². The number of benzene rings is 2. The predicted molar refractivity (Wildman–Crippen MR) is 109 cm³/mol. The first-order chi connectivity index (χ1) is 13.9. The second-order valence-electron chi connectivity index (χ2n) is 5.89. The first-order valence-electron chi connectivity index (χ1n) is 8.36. The maximum Gasteiger partial charge on any atom is 0.270 e. The van der Waals surface area contributed by atoms with Crippen molar-refractivity contribution in [2.24, 2.45) is 0 Å². The lowest BCUT2D eigenvalue weighted by Crippen LogP contribution is -2.54. The minimum atomic E-state index is -0.693. The van der Waals surface area contributed by atoms with Crippen LogP contribution in [0, 0.1) is 5.82 Å². The summed E-state index contributed by atoms with van der Waals surface area (Å²) in [6.07, 6.45) is 1.35. The van der Waals surface area contributed by atoms with E-state index in [0.29, 0.717) is 22.8 Å². The summed E-state index contributed by atoms with van der Waals surface area (Å²) in [5, 5.41) is 2.31. The Morgan fingerprint density at radius 3 is 2.28 bits per heavy atom. The summed E-state index contributed by atoms with van der Waals surface area (Å²) in [6, 6.07) is 8.49. The summed E-state index contributed by atoms with van der Waals surface area (Å²) in [6.45, 7) is 0. The fraction of sp³-hybridized carbons (Fsp3) is 0.150. The standard InChI is InChI=1S/C20H17FN2O5S/c1-26-15-10-17(28-3)16(27-2)8-11(15)7-14-18(24)22-20(29)23(19(14)25)13-6-4-5-12(21)9-13/h4-10H,1-3H3,(H,22,24,29). The molecule has 1 aliphatic heterocycles. The number of anilines is 1. The van der Waals surface area contributed by atoms with Crippen LogP contribution >= 0.6 is 12.2 Å². The van der Waals surface area contributed by atoms with Crippen molar-refractivity contribution in [2.75, 3.05) is 26.2 Å². The molecule has 0 unspecified atom stereocenters. The molecule has 1 heterocycles. The predicted octanol–water partition coefficient (Wildman–Crippen LogP) is 2.68. The van der Waals surface area contributed by atoms with Gasteiger partial charge in [0.1, 0.15) is 17.1 Å². The minimum Gasteiger partial charge on any atom is -0.496 e. The lowest BCUT2D eigenvalue weighted by molar-refractivity contribution is -0.122. The van der Waals surface area contributed by atoms with Gasteiger partial charge in [0, 0.05) is 11.6 Å². The zero-order chi connectivity index (χ0) is 21.1. The van der Waals surface area contributed by atoms with Crippen LogP contribution < -0.4 is 24.4 Å². The Morgan fingerprint density at radius 1 is 1.00 bits per heavy atom. The number of thiocarbonyl (C=S) groups is 1. The smallest absolute Gasteiger partial charge is 0.270 e. The molecule has 1 fully saturated rings. The lowest BCUT2D eigenvalue weighted by atomic mass is 10.1. The monoisotopic (exact) mass is 416 g/mol. The number of halogens is 1. The third kappa shape index (κ3) is 3.90. The Labute approximate surface area is 171 Å². The second kappa shape index (κ2) is 8.27. The van der Waals surface area contributed by atoms with E-state index in [1.165, 1.54) is 45.6 Å². The van der Waals surface area contributed by atoms with E-state index in [4.69, 9.17) is 26.4 Å². The number of nitrogens with zero attached hydrogens (tertiary/aromatic N) is 1. The summed E-state index contributed by atoms with van der Waals surface area (Å²) in [4.78, 5) is 26.5. The van der Waals surface area contributed by atoms with Gasteiger partial charge in [0.05, 0.1) is 27.0 Å². The molecule has 0 atom stereocenters. The van der Waals surface area contributed by atoms with E-state index in [2.05, 4.69) is 5.32 Å². The van der Waals surface area contributed by atoms with Crippen LogP contribution in [0.15, 0.2) is 42.0 Å². The van der Waals surface area contributed by atoms with E-state index in [1.807, 2.05) is 0 Å². The number of nitrogens with one attached hydrogen (secondary N) is 1. The molecule has 2 amide bonds. The molecule has 2 aromatic rings. The van der Waals surface area contributed by atoms with Crippen LogP contribution in [0.5, 0.6) is 17.2 Å². The number of ether oxygens (including phenoxy) is 3. The summed E-state index contributed by atoms with van der Waals surface area (Å²) < 4.78 is 29.5. The first-order valence-corrected chi connectivity index (χ1v) is 8.77. The average molecular weight is 416 g/mol. The van der Waals surface area contributed by atoms with Gasteiger partial charge in [-0.1, -0.05) is 6.07 Å². The van der Waals surface area contributed by atoms with Gasteiger partial charge >= 0.3 is 0 Å². The summed E-state index contributed by atoms with van der Waals surface area (Å²) >= 11 is 5.11. The number of hydrogen-bond donors (Lipinski definition) is 1. The molecule has 3 rings (SSSR count). The molecule has 150 valence electrons. The SMILES string of the molecule is COc1cc(OC)c(OC)cc1C=C1C(=O)NC(=S)N(c2cccc(F)c2)C1=O. The van der Waals surface area contributed by atoms with Gasteiger partial charge in [-0.25, -0.2) is 4.39 Å². The molecule has 0 spiro atoms. The van der Waals surface area contributed by atoms with Crippen molar-refractivity contribution in [1.82, 2.24) is 5.32 Å². The van der Waals surface area contributed by atoms with E-state index in [0.717, 1.165) is 11.0 Å². The fourth-order valence-corrected chi connectivity index (χ4v) is 3.11. The summed E-state index contributed by atoms with van der Waals surface area (Å²) in [7, 11) is 4.38. The van der Waals surface area contributed by atoms with Crippen molar-refractivity contribution in [2.45, 2.75) is 0 Å². The largest absolute Gasteiger partial charge is 0.496 e. The van der Waals surface area contributed by atoms with Crippen molar-refractivity contribution >= 4 is 40.9 Å². The highest BCUT2D eigenvalue weighted by atomic mass is 32.1. The Bertz CT molecular complexity index is 1040. The molecule has 0 aromatic heterocycles. The number of rotatable bonds is 5. The molecule has 7 nitrogen and oxygen atoms in total. The Morgan fingerprint density at radius 2 is 1.66 bits per heavy atom. The molecule has 0 saturated carbocycles. The molecule has 0 aliphatic carbocycles. The topological polar surface area (TPSA) is 77.1 Å². The van der Waals surface area contributed by atoms with Gasteiger partial charge in [0.2, 0.25) is 0 Å². The second-order valence-corrected chi connectivity index (χ2v) is 6.27. The Kier molecular flexibility index (Phi) is 5.79. The van der Waals surface area contributed by atoms with Gasteiger partial charge in [-0.2, -0.15) is 0 Å². The maximum atomic E-state index is 13.6. The minimum absolute atomic E-state index is 0.137. The Hall–Kier alpha value is -3.46. The van der Waals surface area contributed by atoms with Crippen LogP contribution in [0.25, 0.3) is 6.08 Å². The van der Waals surface area contributed by atoms with Crippen molar-refractivity contribution in [3.8, 4) is 17.2 Å². The van der Waals surface area contributed by atoms with E-state index in [1.54, 1.807) is 12.1 Å². The van der Waals surface area contributed by atoms with Gasteiger partial charge < -0.3 is 14.2 Å². The zero-order valence-corrected chi connectivity index (χ0v) is 16.6. The molecule has 0 radical (unpaired) electrons. The van der Waals surface area contributed by atoms with Crippen LogP contribution in [-0.4, -0.2) is 38.3 Å². The van der Waals surface area contributed by atoms with Gasteiger partial charge in [-0.15, -0.1) is 0 Å². The summed E-state index contributed by atoms with van der Waals surface area (Å²) in [5.74, 6) is -0.733. The highest BCUT2D eigenvalue weighted by Gasteiger charge is 2.35. The molecule has 1 saturated heterocycles. The van der Waals surface area contributed by atoms with Crippen molar-refractivity contribution < 1.29 is 28.2 Å². The lowest BCUT2D eigenvalue weighted by Gasteiger charge is -2.29. The molecule has 29 heavy (non-hydrogen) atoms. The molecular weight excluding hydrogens is 399 g/mol. The van der Waals surface area contributed by atoms with E-state index in [-0.39, 0.29) is 16.4 Å². The number of carbonyl (C=O) groups excluding carboxylic acids is 2. The highest BCUT2D eigenvalue weighted by molar-refractivity contribution is 7.80. The molecule has 1 N–H and O–H groups in total. The van der Waals surface area contributed by atoms with Gasteiger partial charge in [0.25, 0.3) is 11.8 Å². The third-order valence-electron chi connectivity index (χ3n) is 4.20. The van der Waals surface area contributed by atoms with E-state index in [9.17, 15) is 14.0 Å². The van der Waals surface area contributed by atoms with Crippen LogP contribution in [0.1, 0.15) is 5.56 Å². The average Bonchev–Trinajstić information content (AvgIpc) is 2.70. The third-order valence-corrected chi connectivity index (χ3v) is 4.49. The van der Waals surface area contributed by atoms with Crippen LogP contribution in [-0.2, 0) is 9.59 Å².